The summed E-state index contributed by atoms with van der Waals surface area (Å²) in [5, 5.41) is 16.0. The number of hydrogen-bond acceptors (Lipinski definition) is 7. The third-order valence-corrected chi connectivity index (χ3v) is 6.00. The largest absolute Gasteiger partial charge is 0.502 e. The van der Waals surface area contributed by atoms with Gasteiger partial charge in [0.05, 0.1) is 20.3 Å². The molecule has 2 unspecified atom stereocenters. The Morgan fingerprint density at radius 3 is 2.14 bits per heavy atom. The lowest BCUT2D eigenvalue weighted by atomic mass is 9.95. The number of benzene rings is 3. The van der Waals surface area contributed by atoms with Crippen LogP contribution in [0.1, 0.15) is 35.7 Å². The van der Waals surface area contributed by atoms with E-state index in [1.807, 2.05) is 19.1 Å². The Balaban J connectivity index is 1.76. The molecule has 36 heavy (non-hydrogen) atoms. The fourth-order valence-corrected chi connectivity index (χ4v) is 3.97. The van der Waals surface area contributed by atoms with Crippen LogP contribution < -0.4 is 31.0 Å². The van der Waals surface area contributed by atoms with Gasteiger partial charge in [-0.3, -0.25) is 14.9 Å². The molecule has 0 amide bonds. The third kappa shape index (κ3) is 4.78. The van der Waals surface area contributed by atoms with Gasteiger partial charge in [0.2, 0.25) is 0 Å². The van der Waals surface area contributed by atoms with Gasteiger partial charge >= 0.3 is 0 Å². The van der Waals surface area contributed by atoms with Gasteiger partial charge in [0.15, 0.2) is 17.4 Å². The van der Waals surface area contributed by atoms with E-state index in [2.05, 4.69) is 10.6 Å². The number of anilines is 2. The maximum Gasteiger partial charge on any atom is 0.271 e. The Kier molecular flexibility index (Phi) is 7.03. The summed E-state index contributed by atoms with van der Waals surface area (Å²) < 4.78 is 38.3. The van der Waals surface area contributed by atoms with E-state index in [0.29, 0.717) is 28.3 Å². The van der Waals surface area contributed by atoms with Gasteiger partial charge in [0.25, 0.3) is 10.9 Å². The van der Waals surface area contributed by atoms with Gasteiger partial charge in [0.1, 0.15) is 17.2 Å². The lowest BCUT2D eigenvalue weighted by Crippen LogP contribution is -2.32. The van der Waals surface area contributed by atoms with Crippen LogP contribution in [0.2, 0.25) is 0 Å². The highest BCUT2D eigenvalue weighted by Gasteiger charge is 2.24. The van der Waals surface area contributed by atoms with E-state index in [-0.39, 0.29) is 5.69 Å². The SMILES string of the molecule is COc1ccc(C(NC(C)c2ccc(F)c(F)c2)c2cc(Nc3c(O)c(=O)c3=O)ccc2OC)cc1. The number of aromatic hydroxyl groups is 1. The molecule has 0 radical (unpaired) electrons. The van der Waals surface area contributed by atoms with Gasteiger partial charge in [-0.25, -0.2) is 8.78 Å². The molecule has 2 atom stereocenters. The zero-order chi connectivity index (χ0) is 26.0. The molecular formula is C27H24F2N2O5. The highest BCUT2D eigenvalue weighted by Crippen LogP contribution is 2.36. The minimum atomic E-state index is -0.946. The van der Waals surface area contributed by atoms with Crippen molar-refractivity contribution in [2.75, 3.05) is 19.5 Å². The molecule has 0 fully saturated rings. The van der Waals surface area contributed by atoms with Crippen molar-refractivity contribution in [1.82, 2.24) is 5.32 Å². The summed E-state index contributed by atoms with van der Waals surface area (Å²) in [7, 11) is 3.07. The van der Waals surface area contributed by atoms with E-state index in [4.69, 9.17) is 9.47 Å². The standard InChI is InChI=1S/C27H24F2N2O5/c1-14(16-6-10-20(28)21(29)12-16)30-23(15-4-8-18(35-2)9-5-15)19-13-17(7-11-22(19)36-3)31-24-25(32)27(34)26(24)33/h4-14,23,30-32H,1-3H3. The molecule has 7 nitrogen and oxygen atoms in total. The second-order valence-electron chi connectivity index (χ2n) is 8.23. The van der Waals surface area contributed by atoms with E-state index < -0.39 is 40.3 Å². The summed E-state index contributed by atoms with van der Waals surface area (Å²) in [5.74, 6) is -1.32. The maximum absolute atomic E-state index is 13.9. The summed E-state index contributed by atoms with van der Waals surface area (Å²) in [6, 6.07) is 15.2. The predicted octanol–water partition coefficient (Wildman–Crippen LogP) is 4.47. The van der Waals surface area contributed by atoms with E-state index in [9.17, 15) is 23.5 Å². The number of methoxy groups -OCH3 is 2. The normalized spacial score (nSPS) is 12.8. The Morgan fingerprint density at radius 1 is 0.833 bits per heavy atom. The van der Waals surface area contributed by atoms with Gasteiger partial charge in [0, 0.05) is 17.3 Å². The molecule has 3 N–H and O–H groups in total. The van der Waals surface area contributed by atoms with Gasteiger partial charge in [-0.2, -0.15) is 0 Å². The summed E-state index contributed by atoms with van der Waals surface area (Å²) in [5.41, 5.74) is 0.521. The molecule has 0 aromatic heterocycles. The first-order chi connectivity index (χ1) is 17.2. The highest BCUT2D eigenvalue weighted by molar-refractivity contribution is 5.70. The summed E-state index contributed by atoms with van der Waals surface area (Å²) in [6.07, 6.45) is 0. The number of nitrogens with one attached hydrogen (secondary N) is 2. The van der Waals surface area contributed by atoms with Crippen LogP contribution in [0.15, 0.2) is 70.3 Å². The second kappa shape index (κ2) is 10.2. The van der Waals surface area contributed by atoms with Gasteiger partial charge in [-0.1, -0.05) is 18.2 Å². The molecule has 0 saturated carbocycles. The third-order valence-electron chi connectivity index (χ3n) is 6.00. The van der Waals surface area contributed by atoms with Gasteiger partial charge < -0.3 is 19.9 Å². The highest BCUT2D eigenvalue weighted by atomic mass is 19.2. The number of rotatable bonds is 9. The molecule has 0 aliphatic rings. The number of halogens is 2. The van der Waals surface area contributed by atoms with Crippen molar-refractivity contribution in [2.45, 2.75) is 19.0 Å². The number of ether oxygens (including phenoxy) is 2. The van der Waals surface area contributed by atoms with E-state index in [1.165, 1.54) is 13.2 Å². The van der Waals surface area contributed by atoms with Crippen molar-refractivity contribution in [2.24, 2.45) is 0 Å². The lowest BCUT2D eigenvalue weighted by Gasteiger charge is -2.27. The molecule has 4 rings (SSSR count). The van der Waals surface area contributed by atoms with Crippen LogP contribution in [0, 0.1) is 11.6 Å². The van der Waals surface area contributed by atoms with Crippen LogP contribution in [0.5, 0.6) is 17.2 Å². The van der Waals surface area contributed by atoms with E-state index in [1.54, 1.807) is 37.4 Å². The fraction of sp³-hybridized carbons (Fsp3) is 0.185. The minimum Gasteiger partial charge on any atom is -0.502 e. The summed E-state index contributed by atoms with van der Waals surface area (Å²) in [4.78, 5) is 23.2. The van der Waals surface area contributed by atoms with Crippen LogP contribution >= 0.6 is 0 Å². The molecule has 0 saturated heterocycles. The smallest absolute Gasteiger partial charge is 0.271 e. The molecule has 186 valence electrons. The van der Waals surface area contributed by atoms with Crippen molar-refractivity contribution < 1.29 is 23.4 Å². The van der Waals surface area contributed by atoms with E-state index >= 15 is 0 Å². The van der Waals surface area contributed by atoms with Gasteiger partial charge in [-0.15, -0.1) is 0 Å². The zero-order valence-corrected chi connectivity index (χ0v) is 19.8. The summed E-state index contributed by atoms with van der Waals surface area (Å²) in [6.45, 7) is 1.82. The second-order valence-corrected chi connectivity index (χ2v) is 8.23. The average Bonchev–Trinajstić information content (AvgIpc) is 2.91. The van der Waals surface area contributed by atoms with E-state index in [0.717, 1.165) is 17.7 Å². The van der Waals surface area contributed by atoms with Crippen LogP contribution in [-0.4, -0.2) is 19.3 Å². The first kappa shape index (κ1) is 24.9. The topological polar surface area (TPSA) is 96.9 Å². The predicted molar refractivity (Wildman–Crippen MR) is 132 cm³/mol. The fourth-order valence-electron chi connectivity index (χ4n) is 3.97. The molecular weight excluding hydrogens is 470 g/mol. The molecule has 0 spiro atoms. The van der Waals surface area contributed by atoms with Crippen molar-refractivity contribution >= 4 is 11.4 Å². The molecule has 9 heteroatoms. The van der Waals surface area contributed by atoms with Crippen molar-refractivity contribution in [3.05, 3.63) is 109 Å². The average molecular weight is 494 g/mol. The van der Waals surface area contributed by atoms with Crippen molar-refractivity contribution in [3.63, 3.8) is 0 Å². The Bertz CT molecular complexity index is 1460. The molecule has 0 bridgehead atoms. The Hall–Kier alpha value is -4.24. The first-order valence-corrected chi connectivity index (χ1v) is 11.1. The quantitative estimate of drug-likeness (QED) is 0.296. The zero-order valence-electron chi connectivity index (χ0n) is 19.8. The molecule has 0 aliphatic heterocycles. The monoisotopic (exact) mass is 494 g/mol. The van der Waals surface area contributed by atoms with Crippen LogP contribution in [0.25, 0.3) is 0 Å². The van der Waals surface area contributed by atoms with Gasteiger partial charge in [-0.05, 0) is 60.5 Å². The minimum absolute atomic E-state index is 0.180. The first-order valence-electron chi connectivity index (χ1n) is 11.1. The Morgan fingerprint density at radius 2 is 1.53 bits per heavy atom. The van der Waals surface area contributed by atoms with Crippen LogP contribution in [0.3, 0.4) is 0 Å². The molecule has 4 aromatic carbocycles. The van der Waals surface area contributed by atoms with Crippen LogP contribution in [0.4, 0.5) is 20.2 Å². The molecule has 4 aromatic rings. The molecule has 0 aliphatic carbocycles. The maximum atomic E-state index is 13.9. The van der Waals surface area contributed by atoms with Crippen molar-refractivity contribution in [1.29, 1.82) is 0 Å². The lowest BCUT2D eigenvalue weighted by molar-refractivity contribution is 0.399. The van der Waals surface area contributed by atoms with Crippen molar-refractivity contribution in [3.8, 4) is 17.2 Å². The Labute approximate surface area is 205 Å². The van der Waals surface area contributed by atoms with Crippen LogP contribution in [-0.2, 0) is 0 Å². The summed E-state index contributed by atoms with van der Waals surface area (Å²) >= 11 is 0. The molecule has 0 heterocycles. The number of hydrogen-bond donors (Lipinski definition) is 3.